The lowest BCUT2D eigenvalue weighted by Crippen LogP contribution is -2.34. The summed E-state index contributed by atoms with van der Waals surface area (Å²) in [4.78, 5) is 27.7. The molecule has 1 amide bonds. The van der Waals surface area contributed by atoms with Gasteiger partial charge < -0.3 is 9.64 Å². The number of benzene rings is 2. The maximum Gasteiger partial charge on any atom is 0.348 e. The van der Waals surface area contributed by atoms with Gasteiger partial charge in [-0.25, -0.2) is 4.79 Å². The van der Waals surface area contributed by atoms with Crippen LogP contribution < -0.4 is 0 Å². The molecule has 0 radical (unpaired) electrons. The van der Waals surface area contributed by atoms with Gasteiger partial charge in [0.15, 0.2) is 0 Å². The molecule has 1 heterocycles. The fourth-order valence-electron chi connectivity index (χ4n) is 2.95. The van der Waals surface area contributed by atoms with Crippen LogP contribution in [0.2, 0.25) is 0 Å². The van der Waals surface area contributed by atoms with Crippen LogP contribution in [-0.4, -0.2) is 37.0 Å². The van der Waals surface area contributed by atoms with Gasteiger partial charge in [0.1, 0.15) is 4.88 Å². The van der Waals surface area contributed by atoms with E-state index in [4.69, 9.17) is 4.74 Å². The first-order valence-corrected chi connectivity index (χ1v) is 10.0. The molecule has 0 fully saturated rings. The molecule has 0 aliphatic carbocycles. The van der Waals surface area contributed by atoms with Crippen molar-refractivity contribution in [1.82, 2.24) is 4.90 Å². The fourth-order valence-corrected chi connectivity index (χ4v) is 3.84. The highest BCUT2D eigenvalue weighted by Crippen LogP contribution is 2.20. The van der Waals surface area contributed by atoms with Gasteiger partial charge in [-0.2, -0.15) is 0 Å². The molecular weight excluding hydrogens is 370 g/mol. The normalized spacial score (nSPS) is 10.5. The number of thiophene rings is 1. The minimum Gasteiger partial charge on any atom is -0.465 e. The van der Waals surface area contributed by atoms with E-state index in [1.807, 2.05) is 41.3 Å². The quantitative estimate of drug-likeness (QED) is 0.531. The van der Waals surface area contributed by atoms with E-state index < -0.39 is 5.97 Å². The van der Waals surface area contributed by atoms with E-state index in [0.29, 0.717) is 22.8 Å². The number of rotatable bonds is 8. The Morgan fingerprint density at radius 3 is 1.79 bits per heavy atom. The number of nitrogens with zero attached hydrogens (tertiary/aromatic N) is 1. The van der Waals surface area contributed by atoms with Crippen LogP contribution in [-0.2, 0) is 17.6 Å². The van der Waals surface area contributed by atoms with E-state index >= 15 is 0 Å². The summed E-state index contributed by atoms with van der Waals surface area (Å²) in [5.74, 6) is -0.462. The van der Waals surface area contributed by atoms with Crippen molar-refractivity contribution >= 4 is 23.2 Å². The van der Waals surface area contributed by atoms with Gasteiger partial charge in [-0.15, -0.1) is 11.3 Å². The average molecular weight is 394 g/mol. The lowest BCUT2D eigenvalue weighted by Gasteiger charge is -2.22. The number of carbonyl (C=O) groups excluding carboxylic acids is 2. The molecular formula is C23H23NO3S. The molecule has 0 N–H and O–H groups in total. The molecule has 0 aliphatic heterocycles. The van der Waals surface area contributed by atoms with Gasteiger partial charge in [-0.1, -0.05) is 60.7 Å². The third kappa shape index (κ3) is 5.30. The summed E-state index contributed by atoms with van der Waals surface area (Å²) < 4.78 is 4.75. The number of ether oxygens (including phenoxy) is 1. The minimum absolute atomic E-state index is 0.0491. The highest BCUT2D eigenvalue weighted by Gasteiger charge is 2.19. The molecule has 4 nitrogen and oxygen atoms in total. The third-order valence-electron chi connectivity index (χ3n) is 4.52. The van der Waals surface area contributed by atoms with E-state index in [1.54, 1.807) is 12.1 Å². The smallest absolute Gasteiger partial charge is 0.348 e. The molecule has 0 saturated heterocycles. The van der Waals surface area contributed by atoms with E-state index in [0.717, 1.165) is 12.8 Å². The predicted molar refractivity (Wildman–Crippen MR) is 112 cm³/mol. The second-order valence-corrected chi connectivity index (χ2v) is 7.50. The Morgan fingerprint density at radius 2 is 1.29 bits per heavy atom. The van der Waals surface area contributed by atoms with E-state index in [1.165, 1.54) is 29.6 Å². The molecule has 144 valence electrons. The third-order valence-corrected chi connectivity index (χ3v) is 5.57. The van der Waals surface area contributed by atoms with Crippen molar-refractivity contribution < 1.29 is 14.3 Å². The Balaban J connectivity index is 1.72. The number of esters is 1. The fraction of sp³-hybridized carbons (Fsp3) is 0.217. The topological polar surface area (TPSA) is 46.6 Å². The summed E-state index contributed by atoms with van der Waals surface area (Å²) in [7, 11) is 1.34. The lowest BCUT2D eigenvalue weighted by molar-refractivity contribution is 0.0606. The highest BCUT2D eigenvalue weighted by atomic mass is 32.1. The number of carbonyl (C=O) groups is 2. The average Bonchev–Trinajstić information content (AvgIpc) is 3.24. The van der Waals surface area contributed by atoms with Gasteiger partial charge in [0, 0.05) is 13.1 Å². The van der Waals surface area contributed by atoms with Crippen molar-refractivity contribution in [1.29, 1.82) is 0 Å². The Labute approximate surface area is 169 Å². The van der Waals surface area contributed by atoms with Gasteiger partial charge >= 0.3 is 5.97 Å². The van der Waals surface area contributed by atoms with Crippen molar-refractivity contribution in [2.24, 2.45) is 0 Å². The predicted octanol–water partition coefficient (Wildman–Crippen LogP) is 4.46. The molecule has 0 spiro atoms. The van der Waals surface area contributed by atoms with Crippen molar-refractivity contribution in [3.63, 3.8) is 0 Å². The molecule has 1 aromatic heterocycles. The molecule has 2 aromatic carbocycles. The van der Waals surface area contributed by atoms with Crippen LogP contribution in [0.3, 0.4) is 0 Å². The maximum absolute atomic E-state index is 13.1. The van der Waals surface area contributed by atoms with Crippen molar-refractivity contribution in [2.45, 2.75) is 12.8 Å². The van der Waals surface area contributed by atoms with Crippen LogP contribution in [0.1, 0.15) is 30.5 Å². The maximum atomic E-state index is 13.1. The van der Waals surface area contributed by atoms with Crippen LogP contribution in [0.5, 0.6) is 0 Å². The van der Waals surface area contributed by atoms with E-state index in [9.17, 15) is 9.59 Å². The van der Waals surface area contributed by atoms with Crippen LogP contribution in [0, 0.1) is 0 Å². The zero-order chi connectivity index (χ0) is 19.8. The van der Waals surface area contributed by atoms with Gasteiger partial charge in [-0.05, 0) is 36.1 Å². The van der Waals surface area contributed by atoms with Crippen molar-refractivity contribution in [3.05, 3.63) is 93.7 Å². The first-order valence-electron chi connectivity index (χ1n) is 9.22. The summed E-state index contributed by atoms with van der Waals surface area (Å²) in [6, 6.07) is 23.6. The second kappa shape index (κ2) is 9.85. The summed E-state index contributed by atoms with van der Waals surface area (Å²) in [5, 5.41) is 0. The Hall–Kier alpha value is -2.92. The lowest BCUT2D eigenvalue weighted by atomic mass is 10.1. The SMILES string of the molecule is COC(=O)c1ccc(C(=O)N(CCc2ccccc2)CCc2ccccc2)s1. The Morgan fingerprint density at radius 1 is 0.786 bits per heavy atom. The van der Waals surface area contributed by atoms with Gasteiger partial charge in [0.05, 0.1) is 12.0 Å². The van der Waals surface area contributed by atoms with Crippen LogP contribution in [0.4, 0.5) is 0 Å². The number of hydrogen-bond acceptors (Lipinski definition) is 4. The van der Waals surface area contributed by atoms with Crippen LogP contribution in [0.25, 0.3) is 0 Å². The first kappa shape index (κ1) is 19.8. The molecule has 0 bridgehead atoms. The Kier molecular flexibility index (Phi) is 6.98. The summed E-state index contributed by atoms with van der Waals surface area (Å²) in [6.45, 7) is 1.25. The van der Waals surface area contributed by atoms with E-state index in [-0.39, 0.29) is 5.91 Å². The second-order valence-electron chi connectivity index (χ2n) is 6.42. The standard InChI is InChI=1S/C23H23NO3S/c1-27-23(26)21-13-12-20(28-21)22(25)24(16-14-18-8-4-2-5-9-18)17-15-19-10-6-3-7-11-19/h2-13H,14-17H2,1H3. The van der Waals surface area contributed by atoms with Crippen LogP contribution >= 0.6 is 11.3 Å². The molecule has 3 rings (SSSR count). The molecule has 0 saturated carbocycles. The first-order chi connectivity index (χ1) is 13.7. The number of hydrogen-bond donors (Lipinski definition) is 0. The summed E-state index contributed by atoms with van der Waals surface area (Å²) in [6.07, 6.45) is 1.58. The zero-order valence-electron chi connectivity index (χ0n) is 15.8. The van der Waals surface area contributed by atoms with Gasteiger partial charge in [-0.3, -0.25) is 4.79 Å². The molecule has 28 heavy (non-hydrogen) atoms. The highest BCUT2D eigenvalue weighted by molar-refractivity contribution is 7.15. The monoisotopic (exact) mass is 393 g/mol. The van der Waals surface area contributed by atoms with E-state index in [2.05, 4.69) is 24.3 Å². The molecule has 0 atom stereocenters. The van der Waals surface area contributed by atoms with Crippen molar-refractivity contribution in [3.8, 4) is 0 Å². The molecule has 3 aromatic rings. The molecule has 5 heteroatoms. The summed E-state index contributed by atoms with van der Waals surface area (Å²) >= 11 is 1.18. The minimum atomic E-state index is -0.413. The Bertz CT molecular complexity index is 862. The molecule has 0 unspecified atom stereocenters. The largest absolute Gasteiger partial charge is 0.465 e. The van der Waals surface area contributed by atoms with Crippen molar-refractivity contribution in [2.75, 3.05) is 20.2 Å². The summed E-state index contributed by atoms with van der Waals surface area (Å²) in [5.41, 5.74) is 2.39. The molecule has 0 aliphatic rings. The number of methoxy groups -OCH3 is 1. The van der Waals surface area contributed by atoms with Gasteiger partial charge in [0.2, 0.25) is 0 Å². The van der Waals surface area contributed by atoms with Gasteiger partial charge in [0.25, 0.3) is 5.91 Å². The van der Waals surface area contributed by atoms with Crippen LogP contribution in [0.15, 0.2) is 72.8 Å². The zero-order valence-corrected chi connectivity index (χ0v) is 16.7. The number of amides is 1.